The van der Waals surface area contributed by atoms with Gasteiger partial charge in [-0.15, -0.1) is 23.3 Å². The Morgan fingerprint density at radius 2 is 1.73 bits per heavy atom. The topological polar surface area (TPSA) is 107 Å². The van der Waals surface area contributed by atoms with E-state index in [0.29, 0.717) is 16.7 Å². The summed E-state index contributed by atoms with van der Waals surface area (Å²) in [5.74, 6) is 4.55. The number of halogens is 6. The monoisotopic (exact) mass is 636 g/mol. The second-order valence-corrected chi connectivity index (χ2v) is 10.5. The highest BCUT2D eigenvalue weighted by Crippen LogP contribution is 2.40. The van der Waals surface area contributed by atoms with Crippen molar-refractivity contribution in [2.75, 3.05) is 11.5 Å². The number of benzene rings is 2. The first-order valence-corrected chi connectivity index (χ1v) is 13.4. The van der Waals surface area contributed by atoms with E-state index in [1.807, 2.05) is 0 Å². The van der Waals surface area contributed by atoms with Crippen LogP contribution in [0.3, 0.4) is 0 Å². The molecule has 1 aliphatic heterocycles. The molecule has 0 radical (unpaired) electrons. The van der Waals surface area contributed by atoms with E-state index in [-0.39, 0.29) is 25.1 Å². The first-order chi connectivity index (χ1) is 21.0. The second kappa shape index (κ2) is 13.0. The van der Waals surface area contributed by atoms with Crippen molar-refractivity contribution in [3.8, 4) is 17.7 Å². The minimum absolute atomic E-state index is 0.0873. The van der Waals surface area contributed by atoms with Crippen LogP contribution in [0, 0.1) is 22.0 Å². The summed E-state index contributed by atoms with van der Waals surface area (Å²) in [6.07, 6.45) is -8.03. The molecule has 45 heavy (non-hydrogen) atoms. The number of nitrogens with zero attached hydrogens (tertiary/aromatic N) is 3. The van der Waals surface area contributed by atoms with Gasteiger partial charge in [0, 0.05) is 35.5 Å². The Bertz CT molecular complexity index is 1580. The van der Waals surface area contributed by atoms with E-state index in [4.69, 9.17) is 0 Å². The molecule has 1 aromatic heterocycles. The number of rotatable bonds is 9. The summed E-state index contributed by atoms with van der Waals surface area (Å²) in [6, 6.07) is 12.0. The standard InChI is InChI=1S/C30H26F6N4O5/c1-28(2,22-11-14-26(37-18-22)45-30(34,35)36)38-24-17-25(20-8-5-7-19(16-20)6-3-4-15-44-40(42)43)39(27(24)41)23-12-9-21(10-13-23)29(31,32)33/h5,7-14,16,18,24-25,38H,4,15,17H2,1-2H3/t24-,25-/m1/s1. The third-order valence-corrected chi connectivity index (χ3v) is 6.92. The Hall–Kier alpha value is -4.84. The van der Waals surface area contributed by atoms with E-state index >= 15 is 0 Å². The van der Waals surface area contributed by atoms with Crippen LogP contribution in [0.5, 0.6) is 5.88 Å². The Morgan fingerprint density at radius 3 is 2.33 bits per heavy atom. The fourth-order valence-corrected chi connectivity index (χ4v) is 4.88. The Labute approximate surface area is 253 Å². The highest BCUT2D eigenvalue weighted by molar-refractivity contribution is 6.00. The molecule has 1 amide bonds. The van der Waals surface area contributed by atoms with Crippen molar-refractivity contribution >= 4 is 11.6 Å². The van der Waals surface area contributed by atoms with Crippen molar-refractivity contribution in [2.45, 2.75) is 56.9 Å². The maximum atomic E-state index is 13.9. The van der Waals surface area contributed by atoms with Crippen LogP contribution in [0.4, 0.5) is 32.0 Å². The molecule has 0 spiro atoms. The lowest BCUT2D eigenvalue weighted by Gasteiger charge is -2.30. The van der Waals surface area contributed by atoms with E-state index in [0.717, 1.165) is 18.2 Å². The number of pyridine rings is 1. The number of hydrogen-bond acceptors (Lipinski definition) is 7. The van der Waals surface area contributed by atoms with Crippen molar-refractivity contribution in [1.29, 1.82) is 0 Å². The van der Waals surface area contributed by atoms with Gasteiger partial charge in [-0.3, -0.25) is 10.1 Å². The molecule has 2 heterocycles. The lowest BCUT2D eigenvalue weighted by Crippen LogP contribution is -2.47. The molecule has 238 valence electrons. The van der Waals surface area contributed by atoms with Gasteiger partial charge >= 0.3 is 12.5 Å². The van der Waals surface area contributed by atoms with Crippen LogP contribution in [-0.2, 0) is 21.3 Å². The number of hydrogen-bond donors (Lipinski definition) is 1. The van der Waals surface area contributed by atoms with Crippen LogP contribution in [0.15, 0.2) is 66.9 Å². The van der Waals surface area contributed by atoms with Crippen LogP contribution in [-0.4, -0.2) is 35.0 Å². The fraction of sp³-hybridized carbons (Fsp3) is 0.333. The maximum Gasteiger partial charge on any atom is 0.574 e. The maximum absolute atomic E-state index is 13.9. The Morgan fingerprint density at radius 1 is 1.04 bits per heavy atom. The molecule has 9 nitrogen and oxygen atoms in total. The molecule has 0 unspecified atom stereocenters. The van der Waals surface area contributed by atoms with E-state index < -0.39 is 52.6 Å². The van der Waals surface area contributed by atoms with Gasteiger partial charge < -0.3 is 14.5 Å². The van der Waals surface area contributed by atoms with Gasteiger partial charge in [-0.2, -0.15) is 13.2 Å². The molecule has 3 aromatic rings. The quantitative estimate of drug-likeness (QED) is 0.0964. The molecular weight excluding hydrogens is 610 g/mol. The molecule has 1 aliphatic rings. The SMILES string of the molecule is CC(C)(N[C@@H]1C[C@H](c2cccc(C#CCCO[N+](=O)[O-])c2)N(c2ccc(C(F)(F)F)cc2)C1=O)c1ccc(OC(F)(F)F)nc1. The molecule has 1 N–H and O–H groups in total. The van der Waals surface area contributed by atoms with Crippen LogP contribution < -0.4 is 15.0 Å². The molecule has 0 aliphatic carbocycles. The average Bonchev–Trinajstić information content (AvgIpc) is 3.27. The van der Waals surface area contributed by atoms with E-state index in [1.54, 1.807) is 38.1 Å². The third kappa shape index (κ3) is 8.63. The second-order valence-electron chi connectivity index (χ2n) is 10.5. The average molecular weight is 637 g/mol. The van der Waals surface area contributed by atoms with Gasteiger partial charge in [-0.05, 0) is 67.8 Å². The van der Waals surface area contributed by atoms with Gasteiger partial charge in [0.15, 0.2) is 0 Å². The number of alkyl halides is 6. The van der Waals surface area contributed by atoms with Crippen LogP contribution in [0.2, 0.25) is 0 Å². The molecule has 15 heteroatoms. The summed E-state index contributed by atoms with van der Waals surface area (Å²) in [6.45, 7) is 3.20. The van der Waals surface area contributed by atoms with Gasteiger partial charge in [0.2, 0.25) is 11.8 Å². The smallest absolute Gasteiger partial charge is 0.388 e. The number of carbonyl (C=O) groups excluding carboxylic acids is 1. The summed E-state index contributed by atoms with van der Waals surface area (Å²) in [7, 11) is 0. The minimum atomic E-state index is -4.91. The lowest BCUT2D eigenvalue weighted by atomic mass is 9.93. The number of ether oxygens (including phenoxy) is 1. The first kappa shape index (κ1) is 33.1. The van der Waals surface area contributed by atoms with Crippen molar-refractivity contribution in [3.63, 3.8) is 0 Å². The van der Waals surface area contributed by atoms with Gasteiger partial charge in [0.05, 0.1) is 17.6 Å². The first-order valence-electron chi connectivity index (χ1n) is 13.4. The summed E-state index contributed by atoms with van der Waals surface area (Å²) < 4.78 is 81.3. The van der Waals surface area contributed by atoms with Crippen LogP contribution >= 0.6 is 0 Å². The number of anilines is 1. The summed E-state index contributed by atoms with van der Waals surface area (Å²) >= 11 is 0. The molecule has 1 fully saturated rings. The zero-order chi connectivity index (χ0) is 33.0. The van der Waals surface area contributed by atoms with Gasteiger partial charge in [0.1, 0.15) is 6.61 Å². The zero-order valence-electron chi connectivity index (χ0n) is 23.8. The summed E-state index contributed by atoms with van der Waals surface area (Å²) in [5.41, 5.74) is -0.0128. The predicted molar refractivity (Wildman–Crippen MR) is 148 cm³/mol. The van der Waals surface area contributed by atoms with Gasteiger partial charge in [-0.25, -0.2) is 4.98 Å². The molecule has 1 saturated heterocycles. The predicted octanol–water partition coefficient (Wildman–Crippen LogP) is 6.32. The molecule has 4 rings (SSSR count). The van der Waals surface area contributed by atoms with Gasteiger partial charge in [0.25, 0.3) is 5.09 Å². The zero-order valence-corrected chi connectivity index (χ0v) is 23.8. The molecule has 2 aromatic carbocycles. The Balaban J connectivity index is 1.62. The number of aromatic nitrogens is 1. The largest absolute Gasteiger partial charge is 0.574 e. The molecule has 0 bridgehead atoms. The van der Waals surface area contributed by atoms with Crippen molar-refractivity contribution in [3.05, 3.63) is 99.2 Å². The van der Waals surface area contributed by atoms with Crippen molar-refractivity contribution < 1.29 is 45.8 Å². The summed E-state index contributed by atoms with van der Waals surface area (Å²) in [4.78, 5) is 33.5. The van der Waals surface area contributed by atoms with Crippen LogP contribution in [0.25, 0.3) is 0 Å². The third-order valence-electron chi connectivity index (χ3n) is 6.92. The van der Waals surface area contributed by atoms with E-state index in [9.17, 15) is 41.3 Å². The summed E-state index contributed by atoms with van der Waals surface area (Å²) in [5, 5.41) is 12.6. The number of nitrogens with one attached hydrogen (secondary N) is 1. The van der Waals surface area contributed by atoms with E-state index in [1.165, 1.54) is 29.3 Å². The number of carbonyl (C=O) groups is 1. The van der Waals surface area contributed by atoms with Gasteiger partial charge in [-0.1, -0.05) is 30.0 Å². The highest BCUT2D eigenvalue weighted by Gasteiger charge is 2.44. The normalized spacial score (nSPS) is 17.1. The van der Waals surface area contributed by atoms with Crippen molar-refractivity contribution in [1.82, 2.24) is 10.3 Å². The molecule has 2 atom stereocenters. The lowest BCUT2D eigenvalue weighted by molar-refractivity contribution is -0.757. The van der Waals surface area contributed by atoms with Crippen LogP contribution in [0.1, 0.15) is 55.0 Å². The fourth-order valence-electron chi connectivity index (χ4n) is 4.88. The highest BCUT2D eigenvalue weighted by atomic mass is 19.4. The van der Waals surface area contributed by atoms with E-state index in [2.05, 4.69) is 31.7 Å². The molecule has 0 saturated carbocycles. The number of amides is 1. The Kier molecular flexibility index (Phi) is 9.57. The minimum Gasteiger partial charge on any atom is -0.388 e. The van der Waals surface area contributed by atoms with Crippen molar-refractivity contribution in [2.24, 2.45) is 0 Å². The molecular formula is C30H26F6N4O5.